The van der Waals surface area contributed by atoms with Gasteiger partial charge in [0.1, 0.15) is 6.04 Å². The van der Waals surface area contributed by atoms with Crippen LogP contribution in [0.15, 0.2) is 28.7 Å². The molecule has 1 atom stereocenters. The van der Waals surface area contributed by atoms with Crippen molar-refractivity contribution in [1.82, 2.24) is 15.8 Å². The van der Waals surface area contributed by atoms with Gasteiger partial charge >= 0.3 is 5.97 Å². The van der Waals surface area contributed by atoms with Crippen molar-refractivity contribution in [2.45, 2.75) is 26.3 Å². The lowest BCUT2D eigenvalue weighted by molar-refractivity contribution is -0.153. The van der Waals surface area contributed by atoms with Crippen LogP contribution in [-0.4, -0.2) is 47.1 Å². The molecule has 4 amide bonds. The first-order valence-corrected chi connectivity index (χ1v) is 12.9. The molecule has 3 rings (SSSR count). The van der Waals surface area contributed by atoms with Gasteiger partial charge in [-0.3, -0.25) is 34.9 Å². The molecule has 0 saturated heterocycles. The number of hydrogen-bond acceptors (Lipinski definition) is 6. The van der Waals surface area contributed by atoms with E-state index in [1.807, 2.05) is 0 Å². The van der Waals surface area contributed by atoms with Crippen molar-refractivity contribution >= 4 is 91.9 Å². The lowest BCUT2D eigenvalue weighted by Gasteiger charge is -2.25. The number of nitrogens with one attached hydrogen (secondary N) is 2. The van der Waals surface area contributed by atoms with E-state index < -0.39 is 42.2 Å². The number of carbonyl (C=O) groups excluding carboxylic acids is 5. The number of esters is 1. The number of ether oxygens (including phenoxy) is 1. The second-order valence-corrected chi connectivity index (χ2v) is 10.7. The molecule has 1 heterocycles. The number of hydrogen-bond donors (Lipinski definition) is 2. The van der Waals surface area contributed by atoms with E-state index in [9.17, 15) is 24.0 Å². The van der Waals surface area contributed by atoms with Gasteiger partial charge in [-0.25, -0.2) is 4.79 Å². The Hall–Kier alpha value is -2.37. The summed E-state index contributed by atoms with van der Waals surface area (Å²) in [6, 6.07) is 4.96. The zero-order valence-electron chi connectivity index (χ0n) is 19.2. The minimum absolute atomic E-state index is 0.0168. The number of benzene rings is 2. The van der Waals surface area contributed by atoms with E-state index in [0.717, 1.165) is 4.47 Å². The number of carbonyl (C=O) groups is 5. The molecule has 0 radical (unpaired) electrons. The molecular formula is C23H18BrCl4N3O6. The summed E-state index contributed by atoms with van der Waals surface area (Å²) < 4.78 is 5.83. The molecule has 0 aromatic heterocycles. The van der Waals surface area contributed by atoms with Gasteiger partial charge in [0, 0.05) is 10.0 Å². The van der Waals surface area contributed by atoms with Crippen LogP contribution in [0.5, 0.6) is 0 Å². The zero-order valence-corrected chi connectivity index (χ0v) is 23.8. The second-order valence-electron chi connectivity index (χ2n) is 8.25. The molecule has 0 saturated carbocycles. The van der Waals surface area contributed by atoms with E-state index in [0.29, 0.717) is 4.90 Å². The van der Waals surface area contributed by atoms with E-state index in [-0.39, 0.29) is 49.1 Å². The van der Waals surface area contributed by atoms with Crippen LogP contribution in [0.3, 0.4) is 0 Å². The Morgan fingerprint density at radius 2 is 1.41 bits per heavy atom. The number of rotatable bonds is 7. The predicted octanol–water partition coefficient (Wildman–Crippen LogP) is 5.08. The molecule has 37 heavy (non-hydrogen) atoms. The van der Waals surface area contributed by atoms with Crippen LogP contribution in [0, 0.1) is 5.92 Å². The van der Waals surface area contributed by atoms with Gasteiger partial charge in [0.05, 0.1) is 31.2 Å². The van der Waals surface area contributed by atoms with Crippen LogP contribution in [0.2, 0.25) is 20.1 Å². The third-order valence-corrected chi connectivity index (χ3v) is 7.51. The minimum atomic E-state index is -1.40. The maximum atomic E-state index is 13.2. The second kappa shape index (κ2) is 12.0. The van der Waals surface area contributed by atoms with Gasteiger partial charge in [-0.05, 0) is 36.6 Å². The first-order valence-electron chi connectivity index (χ1n) is 10.6. The number of nitrogens with zero attached hydrogens (tertiary/aromatic N) is 1. The Bertz CT molecular complexity index is 1260. The van der Waals surface area contributed by atoms with Crippen molar-refractivity contribution in [1.29, 1.82) is 0 Å². The molecule has 0 bridgehead atoms. The Kier molecular flexibility index (Phi) is 9.47. The first-order chi connectivity index (χ1) is 17.3. The lowest BCUT2D eigenvalue weighted by atomic mass is 10.0. The van der Waals surface area contributed by atoms with Gasteiger partial charge < -0.3 is 4.74 Å². The quantitative estimate of drug-likeness (QED) is 0.141. The maximum Gasteiger partial charge on any atom is 0.329 e. The average Bonchev–Trinajstić information content (AvgIpc) is 3.11. The van der Waals surface area contributed by atoms with E-state index in [4.69, 9.17) is 51.1 Å². The summed E-state index contributed by atoms with van der Waals surface area (Å²) >= 11 is 27.7. The molecular weight excluding hydrogens is 636 g/mol. The standard InChI is InChI=1S/C23H18BrCl4N3O6/c1-9(2)7-12(31-21(34)14-15(22(31)35)17(26)19(28)18(27)16(14)25)23(36)37-8-13(32)29-30-20(33)10-3-5-11(24)6-4-10/h3-6,9,12H,7-8H2,1-2H3,(H,29,32)(H,30,33)/t12-/m0/s1. The molecule has 2 N–H and O–H groups in total. The van der Waals surface area contributed by atoms with Crippen molar-refractivity contribution < 1.29 is 28.7 Å². The van der Waals surface area contributed by atoms with Crippen molar-refractivity contribution in [3.8, 4) is 0 Å². The van der Waals surface area contributed by atoms with E-state index >= 15 is 0 Å². The third-order valence-electron chi connectivity index (χ3n) is 5.18. The SMILES string of the molecule is CC(C)C[C@@H](C(=O)OCC(=O)NNC(=O)c1ccc(Br)cc1)N1C(=O)c2c(Cl)c(Cl)c(Cl)c(Cl)c2C1=O. The summed E-state index contributed by atoms with van der Waals surface area (Å²) in [5.41, 5.74) is 4.03. The van der Waals surface area contributed by atoms with Gasteiger partial charge in [0.2, 0.25) is 0 Å². The van der Waals surface area contributed by atoms with Crippen LogP contribution in [0.4, 0.5) is 0 Å². The van der Waals surface area contributed by atoms with Crippen LogP contribution >= 0.6 is 62.3 Å². The summed E-state index contributed by atoms with van der Waals surface area (Å²) in [6.45, 7) is 2.73. The van der Waals surface area contributed by atoms with Gasteiger partial charge in [0.25, 0.3) is 23.6 Å². The number of hydrazine groups is 1. The first kappa shape index (κ1) is 29.2. The molecule has 1 aliphatic heterocycles. The number of imide groups is 1. The molecule has 2 aromatic rings. The van der Waals surface area contributed by atoms with Crippen LogP contribution < -0.4 is 10.9 Å². The fraction of sp³-hybridized carbons (Fsp3) is 0.261. The van der Waals surface area contributed by atoms with Crippen LogP contribution in [-0.2, 0) is 14.3 Å². The summed E-state index contributed by atoms with van der Waals surface area (Å²) in [4.78, 5) is 64.2. The molecule has 0 aliphatic carbocycles. The Morgan fingerprint density at radius 1 is 0.892 bits per heavy atom. The van der Waals surface area contributed by atoms with Gasteiger partial charge in [-0.1, -0.05) is 76.2 Å². The normalized spacial score (nSPS) is 13.5. The molecule has 9 nitrogen and oxygen atoms in total. The minimum Gasteiger partial charge on any atom is -0.454 e. The predicted molar refractivity (Wildman–Crippen MR) is 141 cm³/mol. The van der Waals surface area contributed by atoms with Gasteiger partial charge in [-0.15, -0.1) is 0 Å². The molecule has 0 unspecified atom stereocenters. The highest BCUT2D eigenvalue weighted by atomic mass is 79.9. The monoisotopic (exact) mass is 651 g/mol. The van der Waals surface area contributed by atoms with E-state index in [1.165, 1.54) is 12.1 Å². The van der Waals surface area contributed by atoms with E-state index in [1.54, 1.807) is 26.0 Å². The smallest absolute Gasteiger partial charge is 0.329 e. The molecule has 0 fully saturated rings. The molecule has 0 spiro atoms. The molecule has 196 valence electrons. The van der Waals surface area contributed by atoms with Crippen LogP contribution in [0.25, 0.3) is 0 Å². The summed E-state index contributed by atoms with van der Waals surface area (Å²) in [5.74, 6) is -4.45. The molecule has 14 heteroatoms. The van der Waals surface area contributed by atoms with Crippen molar-refractivity contribution in [3.05, 3.63) is 65.5 Å². The Balaban J connectivity index is 1.71. The van der Waals surface area contributed by atoms with Crippen molar-refractivity contribution in [2.24, 2.45) is 5.92 Å². The fourth-order valence-electron chi connectivity index (χ4n) is 3.47. The summed E-state index contributed by atoms with van der Waals surface area (Å²) in [7, 11) is 0. The maximum absolute atomic E-state index is 13.2. The highest BCUT2D eigenvalue weighted by Gasteiger charge is 2.47. The van der Waals surface area contributed by atoms with E-state index in [2.05, 4.69) is 26.8 Å². The molecule has 2 aromatic carbocycles. The van der Waals surface area contributed by atoms with Gasteiger partial charge in [-0.2, -0.15) is 0 Å². The molecule has 1 aliphatic rings. The highest BCUT2D eigenvalue weighted by Crippen LogP contribution is 2.45. The number of amides is 4. The fourth-order valence-corrected chi connectivity index (χ4v) is 4.75. The zero-order chi connectivity index (χ0) is 27.6. The van der Waals surface area contributed by atoms with Crippen molar-refractivity contribution in [2.75, 3.05) is 6.61 Å². The topological polar surface area (TPSA) is 122 Å². The van der Waals surface area contributed by atoms with Gasteiger partial charge in [0.15, 0.2) is 6.61 Å². The summed E-state index contributed by atoms with van der Waals surface area (Å²) in [6.07, 6.45) is 0.0168. The lowest BCUT2D eigenvalue weighted by Crippen LogP contribution is -2.48. The van der Waals surface area contributed by atoms with Crippen LogP contribution in [0.1, 0.15) is 51.3 Å². The Morgan fingerprint density at radius 3 is 1.89 bits per heavy atom. The highest BCUT2D eigenvalue weighted by molar-refractivity contribution is 9.10. The van der Waals surface area contributed by atoms with Crippen molar-refractivity contribution in [3.63, 3.8) is 0 Å². The third kappa shape index (κ3) is 6.21. The number of fused-ring (bicyclic) bond motifs is 1. The average molecular weight is 654 g/mol. The summed E-state index contributed by atoms with van der Waals surface area (Å²) in [5, 5.41) is -0.964. The number of halogens is 5. The Labute approximate surface area is 239 Å². The largest absolute Gasteiger partial charge is 0.454 e.